The van der Waals surface area contributed by atoms with Crippen molar-refractivity contribution in [3.05, 3.63) is 111 Å². The molecule has 0 aliphatic carbocycles. The smallest absolute Gasteiger partial charge is 0.350 e. The molecule has 0 saturated carbocycles. The second-order valence-electron chi connectivity index (χ2n) is 13.1. The van der Waals surface area contributed by atoms with Crippen molar-refractivity contribution in [1.82, 2.24) is 29.1 Å². The monoisotopic (exact) mass is 718 g/mol. The van der Waals surface area contributed by atoms with Crippen LogP contribution in [0.5, 0.6) is 5.75 Å². The molecule has 0 amide bonds. The zero-order valence-electron chi connectivity index (χ0n) is 28.3. The van der Waals surface area contributed by atoms with E-state index < -0.39 is 5.79 Å². The highest BCUT2D eigenvalue weighted by atomic mass is 35.5. The highest BCUT2D eigenvalue weighted by Crippen LogP contribution is 2.40. The van der Waals surface area contributed by atoms with Gasteiger partial charge in [0.1, 0.15) is 43.5 Å². The minimum atomic E-state index is -1.16. The lowest BCUT2D eigenvalue weighted by atomic mass is 10.1. The van der Waals surface area contributed by atoms with Gasteiger partial charge in [0.05, 0.1) is 17.3 Å². The number of aromatic nitrogens is 6. The first-order valence-electron chi connectivity index (χ1n) is 16.8. The Morgan fingerprint density at radius 2 is 1.60 bits per heavy atom. The molecule has 7 rings (SSSR count). The van der Waals surface area contributed by atoms with E-state index in [-0.39, 0.29) is 18.3 Å². The molecule has 12 nitrogen and oxygen atoms in total. The predicted molar refractivity (Wildman–Crippen MR) is 193 cm³/mol. The first kappa shape index (κ1) is 34.1. The molecular weight excluding hydrogens is 679 g/mol. The number of hydrogen-bond acceptors (Lipinski definition) is 9. The highest BCUT2D eigenvalue weighted by molar-refractivity contribution is 6.35. The normalized spacial score (nSPS) is 19.4. The number of halogens is 2. The fraction of sp³-hybridized carbons (Fsp3) is 0.389. The Bertz CT molecular complexity index is 1960. The lowest BCUT2D eigenvalue weighted by Crippen LogP contribution is -2.46. The summed E-state index contributed by atoms with van der Waals surface area (Å²) in [5.74, 6) is 0.624. The van der Waals surface area contributed by atoms with Crippen LogP contribution >= 0.6 is 23.2 Å². The van der Waals surface area contributed by atoms with Gasteiger partial charge >= 0.3 is 5.69 Å². The second kappa shape index (κ2) is 14.5. The Morgan fingerprint density at radius 3 is 2.22 bits per heavy atom. The van der Waals surface area contributed by atoms with Gasteiger partial charge in [0.2, 0.25) is 5.79 Å². The maximum atomic E-state index is 13.0. The highest BCUT2D eigenvalue weighted by Gasteiger charge is 2.45. The second-order valence-corrected chi connectivity index (χ2v) is 13.9. The van der Waals surface area contributed by atoms with E-state index in [1.54, 1.807) is 32.4 Å². The number of ether oxygens (including phenoxy) is 3. The minimum absolute atomic E-state index is 0.101. The van der Waals surface area contributed by atoms with Crippen molar-refractivity contribution in [1.29, 1.82) is 0 Å². The molecule has 2 aromatic heterocycles. The van der Waals surface area contributed by atoms with Gasteiger partial charge < -0.3 is 24.0 Å². The number of nitrogens with zero attached hydrogens (tertiary/aromatic N) is 8. The van der Waals surface area contributed by atoms with Crippen LogP contribution in [0, 0.1) is 12.8 Å². The third-order valence-electron chi connectivity index (χ3n) is 8.97. The molecule has 2 aliphatic rings. The van der Waals surface area contributed by atoms with Crippen LogP contribution in [-0.2, 0) is 28.4 Å². The minimum Gasteiger partial charge on any atom is -0.491 e. The van der Waals surface area contributed by atoms with Crippen LogP contribution in [0.3, 0.4) is 0 Å². The molecule has 50 heavy (non-hydrogen) atoms. The van der Waals surface area contributed by atoms with Gasteiger partial charge in [-0.3, -0.25) is 0 Å². The zero-order valence-corrected chi connectivity index (χ0v) is 29.8. The van der Waals surface area contributed by atoms with Gasteiger partial charge in [-0.1, -0.05) is 43.1 Å². The molecule has 5 aromatic rings. The van der Waals surface area contributed by atoms with E-state index >= 15 is 0 Å². The summed E-state index contributed by atoms with van der Waals surface area (Å²) in [7, 11) is 0. The number of anilines is 2. The fourth-order valence-electron chi connectivity index (χ4n) is 6.54. The van der Waals surface area contributed by atoms with Gasteiger partial charge in [0.15, 0.2) is 0 Å². The molecule has 2 atom stereocenters. The van der Waals surface area contributed by atoms with E-state index in [2.05, 4.69) is 63.1 Å². The molecule has 2 fully saturated rings. The standard InChI is InChI=1S/C36H40Cl2N8O4/c1-25(2)19-45-35(47)46(26(3)41-45)30-7-5-28(6-8-30)42-14-16-43(17-15-42)29-9-11-31(12-10-29)48-20-32-21-49-36(50-32,22-44-24-39-23-40-44)33-13-4-27(37)18-34(33)38/h4-13,18,23-25,32H,14-17,19-22H2,1-3H3/t32-,36?/m1/s1. The summed E-state index contributed by atoms with van der Waals surface area (Å²) in [6, 6.07) is 21.6. The summed E-state index contributed by atoms with van der Waals surface area (Å²) in [4.78, 5) is 21.8. The lowest BCUT2D eigenvalue weighted by Gasteiger charge is -2.37. The van der Waals surface area contributed by atoms with Crippen LogP contribution in [0.2, 0.25) is 10.0 Å². The van der Waals surface area contributed by atoms with Gasteiger partial charge in [-0.05, 0) is 73.5 Å². The van der Waals surface area contributed by atoms with Gasteiger partial charge in [-0.15, -0.1) is 0 Å². The van der Waals surface area contributed by atoms with Crippen molar-refractivity contribution in [3.8, 4) is 11.4 Å². The first-order chi connectivity index (χ1) is 24.2. The van der Waals surface area contributed by atoms with E-state index in [9.17, 15) is 4.79 Å². The molecule has 1 unspecified atom stereocenters. The molecule has 14 heteroatoms. The fourth-order valence-corrected chi connectivity index (χ4v) is 7.09. The molecule has 3 aromatic carbocycles. The van der Waals surface area contributed by atoms with Crippen molar-refractivity contribution in [2.75, 3.05) is 49.2 Å². The number of rotatable bonds is 11. The van der Waals surface area contributed by atoms with E-state index in [0.29, 0.717) is 47.1 Å². The molecule has 2 aliphatic heterocycles. The first-order valence-corrected chi connectivity index (χ1v) is 17.5. The molecule has 4 heterocycles. The van der Waals surface area contributed by atoms with Crippen LogP contribution < -0.4 is 20.2 Å². The van der Waals surface area contributed by atoms with E-state index in [4.69, 9.17) is 37.4 Å². The van der Waals surface area contributed by atoms with Gasteiger partial charge in [0.25, 0.3) is 0 Å². The summed E-state index contributed by atoms with van der Waals surface area (Å²) in [5, 5.41) is 9.67. The maximum Gasteiger partial charge on any atom is 0.350 e. The van der Waals surface area contributed by atoms with Crippen molar-refractivity contribution in [2.45, 2.75) is 45.8 Å². The van der Waals surface area contributed by atoms with E-state index in [1.165, 1.54) is 6.33 Å². The van der Waals surface area contributed by atoms with Crippen LogP contribution in [0.15, 0.2) is 84.2 Å². The summed E-state index contributed by atoms with van der Waals surface area (Å²) in [6.07, 6.45) is 2.74. The van der Waals surface area contributed by atoms with Crippen molar-refractivity contribution in [2.24, 2.45) is 5.92 Å². The van der Waals surface area contributed by atoms with Crippen LogP contribution in [0.25, 0.3) is 5.69 Å². The molecule has 0 bridgehead atoms. The largest absolute Gasteiger partial charge is 0.491 e. The third kappa shape index (κ3) is 7.25. The van der Waals surface area contributed by atoms with Crippen molar-refractivity contribution in [3.63, 3.8) is 0 Å². The average molecular weight is 720 g/mol. The van der Waals surface area contributed by atoms with E-state index in [0.717, 1.165) is 49.0 Å². The Labute approximate surface area is 300 Å². The van der Waals surface area contributed by atoms with Crippen molar-refractivity contribution < 1.29 is 14.2 Å². The zero-order chi connectivity index (χ0) is 34.8. The predicted octanol–water partition coefficient (Wildman–Crippen LogP) is 5.57. The summed E-state index contributed by atoms with van der Waals surface area (Å²) < 4.78 is 23.8. The molecule has 0 N–H and O–H groups in total. The van der Waals surface area contributed by atoms with Gasteiger partial charge in [0, 0.05) is 54.7 Å². The number of piperazine rings is 1. The number of benzene rings is 3. The third-order valence-corrected chi connectivity index (χ3v) is 9.52. The quantitative estimate of drug-likeness (QED) is 0.173. The Hall–Kier alpha value is -4.36. The van der Waals surface area contributed by atoms with Crippen molar-refractivity contribution >= 4 is 34.6 Å². The maximum absolute atomic E-state index is 13.0. The van der Waals surface area contributed by atoms with Gasteiger partial charge in [-0.25, -0.2) is 23.7 Å². The molecule has 0 radical (unpaired) electrons. The molecule has 2 saturated heterocycles. The topological polar surface area (TPSA) is 105 Å². The summed E-state index contributed by atoms with van der Waals surface area (Å²) in [5.41, 5.74) is 3.68. The average Bonchev–Trinajstić information content (AvgIpc) is 3.84. The number of aryl methyl sites for hydroxylation is 1. The Morgan fingerprint density at radius 1 is 0.940 bits per heavy atom. The summed E-state index contributed by atoms with van der Waals surface area (Å²) in [6.45, 7) is 11.1. The Balaban J connectivity index is 0.928. The summed E-state index contributed by atoms with van der Waals surface area (Å²) >= 11 is 12.7. The molecule has 0 spiro atoms. The SMILES string of the molecule is Cc1nn(CC(C)C)c(=O)n1-c1ccc(N2CCN(c3ccc(OC[C@@H]4COC(Cn5cncn5)(c5ccc(Cl)cc5Cl)O4)cc3)CC2)cc1. The lowest BCUT2D eigenvalue weighted by molar-refractivity contribution is -0.190. The molecular formula is C36H40Cl2N8O4. The van der Waals surface area contributed by atoms with Crippen LogP contribution in [0.4, 0.5) is 11.4 Å². The van der Waals surface area contributed by atoms with E-state index in [1.807, 2.05) is 37.3 Å². The Kier molecular flexibility index (Phi) is 9.87. The number of hydrogen-bond donors (Lipinski definition) is 0. The van der Waals surface area contributed by atoms with Crippen LogP contribution in [-0.4, -0.2) is 74.6 Å². The van der Waals surface area contributed by atoms with Gasteiger partial charge in [-0.2, -0.15) is 10.2 Å². The molecule has 262 valence electrons. The van der Waals surface area contributed by atoms with Crippen LogP contribution in [0.1, 0.15) is 25.2 Å².